The lowest BCUT2D eigenvalue weighted by atomic mass is 9.94. The van der Waals surface area contributed by atoms with Crippen LogP contribution in [0.25, 0.3) is 0 Å². The smallest absolute Gasteiger partial charge is 0.305 e. The second-order valence-corrected chi connectivity index (χ2v) is 12.4. The van der Waals surface area contributed by atoms with Crippen molar-refractivity contribution in [2.75, 3.05) is 26.9 Å². The van der Waals surface area contributed by atoms with Gasteiger partial charge in [0.15, 0.2) is 18.9 Å². The standard InChI is InChI=1S/C30H53NO17/c1-14-20(36)22(38)24(40)29(44-14)47-26-17(13-33)46-28(43-11-9-7-5-4-6-8-10-18(35)42-3)19(31-15(2)34)27(26)48-30-25(41)23(39)21(37)16(12-32)45-30/h14,16-17,19-30,32-33,36-41H,4-13H2,1-3H3,(H,31,34)/t14-,16+,17+,19+,20+,21-,22+,23-,24-,25+,26+,27+,28+,29-,30-/m0/s1. The van der Waals surface area contributed by atoms with Gasteiger partial charge in [-0.1, -0.05) is 25.7 Å². The van der Waals surface area contributed by atoms with Crippen LogP contribution in [-0.2, 0) is 42.7 Å². The molecule has 0 unspecified atom stereocenters. The van der Waals surface area contributed by atoms with Crippen LogP contribution in [0.2, 0.25) is 0 Å². The zero-order chi connectivity index (χ0) is 35.5. The molecule has 3 aliphatic rings. The minimum atomic E-state index is -1.85. The molecule has 3 aliphatic heterocycles. The van der Waals surface area contributed by atoms with Crippen LogP contribution in [0.5, 0.6) is 0 Å². The molecule has 0 aromatic rings. The number of amides is 1. The fourth-order valence-electron chi connectivity index (χ4n) is 5.90. The van der Waals surface area contributed by atoms with Crippen molar-refractivity contribution in [3.63, 3.8) is 0 Å². The molecule has 280 valence electrons. The first-order valence-corrected chi connectivity index (χ1v) is 16.4. The van der Waals surface area contributed by atoms with Crippen molar-refractivity contribution in [3.05, 3.63) is 0 Å². The molecule has 3 heterocycles. The summed E-state index contributed by atoms with van der Waals surface area (Å²) in [6, 6.07) is -1.23. The third kappa shape index (κ3) is 10.7. The quantitative estimate of drug-likeness (QED) is 0.0527. The second kappa shape index (κ2) is 19.7. The van der Waals surface area contributed by atoms with Crippen LogP contribution in [0.3, 0.4) is 0 Å². The summed E-state index contributed by atoms with van der Waals surface area (Å²) < 4.78 is 39.9. The Morgan fingerprint density at radius 2 is 1.21 bits per heavy atom. The molecule has 0 spiro atoms. The predicted octanol–water partition coefficient (Wildman–Crippen LogP) is -3.47. The summed E-state index contributed by atoms with van der Waals surface area (Å²) in [5.41, 5.74) is 0. The maximum atomic E-state index is 12.4. The number of rotatable bonds is 17. The lowest BCUT2D eigenvalue weighted by Gasteiger charge is -2.50. The van der Waals surface area contributed by atoms with Crippen molar-refractivity contribution in [1.82, 2.24) is 5.32 Å². The Hall–Kier alpha value is -1.62. The zero-order valence-electron chi connectivity index (χ0n) is 27.5. The summed E-state index contributed by atoms with van der Waals surface area (Å²) in [5, 5.41) is 85.3. The van der Waals surface area contributed by atoms with Gasteiger partial charge in [-0.25, -0.2) is 0 Å². The first-order valence-electron chi connectivity index (χ1n) is 16.4. The lowest BCUT2D eigenvalue weighted by Crippen LogP contribution is -2.69. The zero-order valence-corrected chi connectivity index (χ0v) is 27.5. The Balaban J connectivity index is 1.80. The summed E-state index contributed by atoms with van der Waals surface area (Å²) >= 11 is 0. The van der Waals surface area contributed by atoms with E-state index in [-0.39, 0.29) is 12.6 Å². The van der Waals surface area contributed by atoms with Crippen molar-refractivity contribution >= 4 is 11.9 Å². The molecule has 0 aromatic carbocycles. The number of hydrogen-bond donors (Lipinski definition) is 9. The number of carbonyl (C=O) groups excluding carboxylic acids is 2. The van der Waals surface area contributed by atoms with E-state index in [1.165, 1.54) is 21.0 Å². The van der Waals surface area contributed by atoms with Gasteiger partial charge in [0, 0.05) is 20.0 Å². The molecule has 0 saturated carbocycles. The van der Waals surface area contributed by atoms with Gasteiger partial charge in [0.2, 0.25) is 5.91 Å². The van der Waals surface area contributed by atoms with E-state index in [4.69, 9.17) is 28.4 Å². The number of carbonyl (C=O) groups is 2. The van der Waals surface area contributed by atoms with E-state index in [9.17, 15) is 50.4 Å². The number of hydrogen-bond acceptors (Lipinski definition) is 17. The van der Waals surface area contributed by atoms with Gasteiger partial charge in [-0.3, -0.25) is 9.59 Å². The number of aliphatic hydroxyl groups excluding tert-OH is 8. The van der Waals surface area contributed by atoms with Crippen LogP contribution in [0, 0.1) is 0 Å². The Morgan fingerprint density at radius 3 is 1.81 bits per heavy atom. The van der Waals surface area contributed by atoms with E-state index >= 15 is 0 Å². The third-order valence-electron chi connectivity index (χ3n) is 8.72. The molecule has 9 N–H and O–H groups in total. The van der Waals surface area contributed by atoms with E-state index < -0.39 is 111 Å². The molecule has 48 heavy (non-hydrogen) atoms. The molecule has 3 fully saturated rings. The maximum Gasteiger partial charge on any atom is 0.305 e. The molecule has 0 radical (unpaired) electrons. The van der Waals surface area contributed by atoms with Gasteiger partial charge >= 0.3 is 5.97 Å². The van der Waals surface area contributed by atoms with E-state index in [2.05, 4.69) is 10.1 Å². The van der Waals surface area contributed by atoms with Crippen molar-refractivity contribution in [2.24, 2.45) is 0 Å². The van der Waals surface area contributed by atoms with Crippen LogP contribution in [0.4, 0.5) is 0 Å². The van der Waals surface area contributed by atoms with Gasteiger partial charge in [0.05, 0.1) is 26.4 Å². The van der Waals surface area contributed by atoms with Gasteiger partial charge in [0.1, 0.15) is 67.1 Å². The second-order valence-electron chi connectivity index (χ2n) is 12.4. The van der Waals surface area contributed by atoms with E-state index in [0.717, 1.165) is 32.1 Å². The van der Waals surface area contributed by atoms with Gasteiger partial charge in [-0.15, -0.1) is 0 Å². The van der Waals surface area contributed by atoms with Gasteiger partial charge in [-0.05, 0) is 19.8 Å². The topological polar surface area (TPSA) is 273 Å². The third-order valence-corrected chi connectivity index (χ3v) is 8.72. The first kappa shape index (κ1) is 40.8. The number of unbranched alkanes of at least 4 members (excludes halogenated alkanes) is 5. The van der Waals surface area contributed by atoms with Gasteiger partial charge in [0.25, 0.3) is 0 Å². The van der Waals surface area contributed by atoms with E-state index in [0.29, 0.717) is 12.8 Å². The Kier molecular flexibility index (Phi) is 16.7. The van der Waals surface area contributed by atoms with Crippen LogP contribution in [0.1, 0.15) is 58.8 Å². The molecule has 18 heteroatoms. The number of methoxy groups -OCH3 is 1. The lowest BCUT2D eigenvalue weighted by molar-refractivity contribution is -0.373. The minimum absolute atomic E-state index is 0.158. The summed E-state index contributed by atoms with van der Waals surface area (Å²) in [4.78, 5) is 23.7. The number of nitrogens with one attached hydrogen (secondary N) is 1. The Labute approximate surface area is 278 Å². The normalized spacial score (nSPS) is 40.4. The largest absolute Gasteiger partial charge is 0.469 e. The van der Waals surface area contributed by atoms with Crippen molar-refractivity contribution in [2.45, 2.75) is 151 Å². The molecule has 0 aliphatic carbocycles. The highest BCUT2D eigenvalue weighted by Crippen LogP contribution is 2.34. The molecule has 0 bridgehead atoms. The van der Waals surface area contributed by atoms with Crippen LogP contribution < -0.4 is 5.32 Å². The van der Waals surface area contributed by atoms with Crippen molar-refractivity contribution in [1.29, 1.82) is 0 Å². The van der Waals surface area contributed by atoms with E-state index in [1.54, 1.807) is 0 Å². The van der Waals surface area contributed by atoms with Crippen LogP contribution in [0.15, 0.2) is 0 Å². The fraction of sp³-hybridized carbons (Fsp3) is 0.933. The average Bonchev–Trinajstić information content (AvgIpc) is 3.06. The molecule has 1 amide bonds. The highest BCUT2D eigenvalue weighted by Gasteiger charge is 2.54. The van der Waals surface area contributed by atoms with Gasteiger partial charge < -0.3 is 79.3 Å². The SMILES string of the molecule is COC(=O)CCCCCCCCO[C@@H]1O[C@H](CO)[C@@H](O[C@@H]2O[C@@H](C)[C@@H](O)[C@@H](O)[C@@H]2O)[C@H](O[C@@H]2O[C@H](CO)[C@H](O)[C@H](O)[C@H]2O)[C@H]1NC(C)=O. The average molecular weight is 700 g/mol. The Bertz CT molecular complexity index is 976. The molecule has 3 rings (SSSR count). The molecular weight excluding hydrogens is 646 g/mol. The number of aliphatic hydroxyl groups is 8. The monoisotopic (exact) mass is 699 g/mol. The molecule has 3 saturated heterocycles. The van der Waals surface area contributed by atoms with Crippen molar-refractivity contribution in [3.8, 4) is 0 Å². The van der Waals surface area contributed by atoms with Gasteiger partial charge in [-0.2, -0.15) is 0 Å². The number of ether oxygens (including phenoxy) is 7. The maximum absolute atomic E-state index is 12.4. The van der Waals surface area contributed by atoms with Crippen molar-refractivity contribution < 1.29 is 83.6 Å². The summed E-state index contributed by atoms with van der Waals surface area (Å²) in [6.07, 6.45) is -16.2. The minimum Gasteiger partial charge on any atom is -0.469 e. The fourth-order valence-corrected chi connectivity index (χ4v) is 5.90. The predicted molar refractivity (Wildman–Crippen MR) is 160 cm³/mol. The first-order chi connectivity index (χ1) is 22.8. The Morgan fingerprint density at radius 1 is 0.667 bits per heavy atom. The highest BCUT2D eigenvalue weighted by molar-refractivity contribution is 5.73. The molecule has 15 atom stereocenters. The molecule has 18 nitrogen and oxygen atoms in total. The number of esters is 1. The van der Waals surface area contributed by atoms with Crippen LogP contribution in [-0.4, -0.2) is 172 Å². The summed E-state index contributed by atoms with van der Waals surface area (Å²) in [7, 11) is 1.35. The van der Waals surface area contributed by atoms with E-state index in [1.807, 2.05) is 0 Å². The highest BCUT2D eigenvalue weighted by atomic mass is 16.8. The van der Waals surface area contributed by atoms with Crippen LogP contribution >= 0.6 is 0 Å². The molecular formula is C30H53NO17. The molecule has 0 aromatic heterocycles. The summed E-state index contributed by atoms with van der Waals surface area (Å²) in [5.74, 6) is -0.811. The summed E-state index contributed by atoms with van der Waals surface area (Å²) in [6.45, 7) is 1.35.